The molecule has 2 aromatic rings. The molecule has 0 aliphatic carbocycles. The van der Waals surface area contributed by atoms with E-state index in [2.05, 4.69) is 4.90 Å². The zero-order chi connectivity index (χ0) is 19.0. The first-order valence-electron chi connectivity index (χ1n) is 8.99. The number of carbonyl (C=O) groups excluding carboxylic acids is 1. The Labute approximate surface area is 158 Å². The number of nitrogens with zero attached hydrogens (tertiary/aromatic N) is 1. The van der Waals surface area contributed by atoms with Gasteiger partial charge in [0, 0.05) is 30.1 Å². The summed E-state index contributed by atoms with van der Waals surface area (Å²) in [7, 11) is 5.29. The van der Waals surface area contributed by atoms with Crippen LogP contribution in [0.1, 0.15) is 33.9 Å². The van der Waals surface area contributed by atoms with Gasteiger partial charge in [-0.15, -0.1) is 0 Å². The summed E-state index contributed by atoms with van der Waals surface area (Å²) < 4.78 is 22.0. The number of methoxy groups -OCH3 is 2. The van der Waals surface area contributed by atoms with E-state index in [1.54, 1.807) is 14.2 Å². The Hall–Kier alpha value is -2.73. The van der Waals surface area contributed by atoms with Crippen molar-refractivity contribution in [2.45, 2.75) is 18.9 Å². The smallest absolute Gasteiger partial charge is 0.231 e. The predicted octanol–water partition coefficient (Wildman–Crippen LogP) is 3.23. The average Bonchev–Trinajstić information content (AvgIpc) is 3.16. The number of likely N-dealkylation sites (N-methyl/N-ethyl adjacent to an activating group) is 1. The zero-order valence-electron chi connectivity index (χ0n) is 15.8. The van der Waals surface area contributed by atoms with Crippen LogP contribution in [0.2, 0.25) is 0 Å². The highest BCUT2D eigenvalue weighted by atomic mass is 16.7. The van der Waals surface area contributed by atoms with Crippen LogP contribution in [-0.4, -0.2) is 45.3 Å². The number of ether oxygens (including phenoxy) is 4. The topological polar surface area (TPSA) is 57.2 Å². The lowest BCUT2D eigenvalue weighted by molar-refractivity contribution is 0.0925. The number of hydrogen-bond acceptors (Lipinski definition) is 6. The summed E-state index contributed by atoms with van der Waals surface area (Å²) in [6.45, 7) is 1.07. The fourth-order valence-corrected chi connectivity index (χ4v) is 3.85. The molecule has 0 bridgehead atoms. The summed E-state index contributed by atoms with van der Waals surface area (Å²) in [5.74, 6) is 2.85. The van der Waals surface area contributed by atoms with Gasteiger partial charge >= 0.3 is 0 Å². The summed E-state index contributed by atoms with van der Waals surface area (Å²) in [6.07, 6.45) is 1.25. The minimum Gasteiger partial charge on any atom is -0.497 e. The summed E-state index contributed by atoms with van der Waals surface area (Å²) in [4.78, 5) is 15.1. The molecule has 0 N–H and O–H groups in total. The molecule has 142 valence electrons. The van der Waals surface area contributed by atoms with Crippen LogP contribution in [0.3, 0.4) is 0 Å². The van der Waals surface area contributed by atoms with Crippen LogP contribution >= 0.6 is 0 Å². The maximum Gasteiger partial charge on any atom is 0.231 e. The second-order valence-electron chi connectivity index (χ2n) is 6.82. The molecule has 0 radical (unpaired) electrons. The number of Topliss-reactive ketones (excluding diaryl/α,β-unsaturated/α-hetero) is 1. The molecule has 6 nitrogen and oxygen atoms in total. The second kappa shape index (κ2) is 7.12. The van der Waals surface area contributed by atoms with Crippen LogP contribution in [0, 0.1) is 0 Å². The Bertz CT molecular complexity index is 862. The fraction of sp³-hybridized carbons (Fsp3) is 0.381. The van der Waals surface area contributed by atoms with Gasteiger partial charge in [-0.25, -0.2) is 0 Å². The van der Waals surface area contributed by atoms with Crippen molar-refractivity contribution in [3.63, 3.8) is 0 Å². The van der Waals surface area contributed by atoms with Crippen molar-refractivity contribution in [1.82, 2.24) is 4.90 Å². The molecule has 0 spiro atoms. The van der Waals surface area contributed by atoms with Crippen LogP contribution in [-0.2, 0) is 6.42 Å². The third-order valence-corrected chi connectivity index (χ3v) is 5.34. The molecular formula is C21H23NO5. The van der Waals surface area contributed by atoms with E-state index < -0.39 is 0 Å². The molecular weight excluding hydrogens is 346 g/mol. The molecule has 2 aromatic carbocycles. The normalized spacial score (nSPS) is 18.1. The van der Waals surface area contributed by atoms with Crippen LogP contribution in [0.4, 0.5) is 0 Å². The summed E-state index contributed by atoms with van der Waals surface area (Å²) in [6, 6.07) is 9.18. The lowest BCUT2D eigenvalue weighted by atomic mass is 9.87. The number of benzene rings is 2. The number of hydrogen-bond donors (Lipinski definition) is 0. The van der Waals surface area contributed by atoms with E-state index in [0.717, 1.165) is 35.6 Å². The molecule has 2 aliphatic heterocycles. The van der Waals surface area contributed by atoms with E-state index in [-0.39, 0.29) is 18.6 Å². The lowest BCUT2D eigenvalue weighted by Gasteiger charge is -2.35. The van der Waals surface area contributed by atoms with E-state index in [0.29, 0.717) is 23.5 Å². The maximum absolute atomic E-state index is 12.9. The van der Waals surface area contributed by atoms with Gasteiger partial charge in [0.2, 0.25) is 12.5 Å². The van der Waals surface area contributed by atoms with Gasteiger partial charge < -0.3 is 18.9 Å². The van der Waals surface area contributed by atoms with E-state index in [1.807, 2.05) is 37.4 Å². The van der Waals surface area contributed by atoms with Crippen molar-refractivity contribution in [1.29, 1.82) is 0 Å². The third-order valence-electron chi connectivity index (χ3n) is 5.34. The summed E-state index contributed by atoms with van der Waals surface area (Å²) >= 11 is 0. The van der Waals surface area contributed by atoms with Crippen molar-refractivity contribution < 1.29 is 23.7 Å². The second-order valence-corrected chi connectivity index (χ2v) is 6.82. The first kappa shape index (κ1) is 17.7. The van der Waals surface area contributed by atoms with Crippen LogP contribution in [0.15, 0.2) is 30.3 Å². The molecule has 2 heterocycles. The van der Waals surface area contributed by atoms with Gasteiger partial charge in [0.05, 0.1) is 14.2 Å². The quantitative estimate of drug-likeness (QED) is 0.754. The van der Waals surface area contributed by atoms with Crippen LogP contribution < -0.4 is 18.9 Å². The van der Waals surface area contributed by atoms with Crippen LogP contribution in [0.5, 0.6) is 23.0 Å². The van der Waals surface area contributed by atoms with E-state index >= 15 is 0 Å². The Morgan fingerprint density at radius 2 is 1.96 bits per heavy atom. The highest BCUT2D eigenvalue weighted by molar-refractivity contribution is 5.96. The molecule has 0 saturated heterocycles. The van der Waals surface area contributed by atoms with Gasteiger partial charge in [-0.3, -0.25) is 9.69 Å². The van der Waals surface area contributed by atoms with Crippen molar-refractivity contribution in [3.8, 4) is 23.0 Å². The van der Waals surface area contributed by atoms with Gasteiger partial charge in [0.1, 0.15) is 5.75 Å². The SMILES string of the molecule is COc1ccc(C(=O)C[C@H]2c3c(cc4c(c3OC)OCO4)CCN2C)cc1. The molecule has 0 aromatic heterocycles. The van der Waals surface area contributed by atoms with Crippen LogP contribution in [0.25, 0.3) is 0 Å². The highest BCUT2D eigenvalue weighted by Crippen LogP contribution is 2.50. The van der Waals surface area contributed by atoms with E-state index in [1.165, 1.54) is 0 Å². The Morgan fingerprint density at radius 1 is 1.19 bits per heavy atom. The third kappa shape index (κ3) is 3.10. The Balaban J connectivity index is 1.68. The largest absolute Gasteiger partial charge is 0.497 e. The minimum absolute atomic E-state index is 0.0761. The molecule has 4 rings (SSSR count). The number of carbonyl (C=O) groups is 1. The molecule has 0 fully saturated rings. The first-order chi connectivity index (χ1) is 13.1. The average molecular weight is 369 g/mol. The highest BCUT2D eigenvalue weighted by Gasteiger charge is 2.35. The fourth-order valence-electron chi connectivity index (χ4n) is 3.85. The van der Waals surface area contributed by atoms with Crippen molar-refractivity contribution >= 4 is 5.78 Å². The molecule has 0 unspecified atom stereocenters. The Morgan fingerprint density at radius 3 is 2.67 bits per heavy atom. The molecule has 27 heavy (non-hydrogen) atoms. The van der Waals surface area contributed by atoms with Crippen molar-refractivity contribution in [2.75, 3.05) is 34.6 Å². The maximum atomic E-state index is 12.9. The molecule has 0 saturated carbocycles. The standard InChI is InChI=1S/C21H23NO5/c1-22-9-8-14-10-18-20(27-12-26-18)21(25-3)19(14)16(22)11-17(23)13-4-6-15(24-2)7-5-13/h4-7,10,16H,8-9,11-12H2,1-3H3/t16-/m0/s1. The summed E-state index contributed by atoms with van der Waals surface area (Å²) in [5.41, 5.74) is 2.86. The number of ketones is 1. The number of fused-ring (bicyclic) bond motifs is 2. The van der Waals surface area contributed by atoms with Gasteiger partial charge in [-0.2, -0.15) is 0 Å². The zero-order valence-corrected chi connectivity index (χ0v) is 15.8. The Kier molecular flexibility index (Phi) is 4.66. The van der Waals surface area contributed by atoms with Crippen molar-refractivity contribution in [2.24, 2.45) is 0 Å². The van der Waals surface area contributed by atoms with Gasteiger partial charge in [-0.1, -0.05) is 0 Å². The molecule has 6 heteroatoms. The van der Waals surface area contributed by atoms with E-state index in [4.69, 9.17) is 18.9 Å². The predicted molar refractivity (Wildman–Crippen MR) is 100 cm³/mol. The van der Waals surface area contributed by atoms with Gasteiger partial charge in [-0.05, 0) is 49.4 Å². The number of rotatable bonds is 5. The lowest BCUT2D eigenvalue weighted by Crippen LogP contribution is -2.34. The van der Waals surface area contributed by atoms with Gasteiger partial charge in [0.15, 0.2) is 17.3 Å². The molecule has 1 atom stereocenters. The van der Waals surface area contributed by atoms with Crippen molar-refractivity contribution in [3.05, 3.63) is 47.0 Å². The minimum atomic E-state index is -0.0761. The van der Waals surface area contributed by atoms with Gasteiger partial charge in [0.25, 0.3) is 0 Å². The van der Waals surface area contributed by atoms with E-state index in [9.17, 15) is 4.79 Å². The monoisotopic (exact) mass is 369 g/mol. The first-order valence-corrected chi connectivity index (χ1v) is 8.99. The molecule has 2 aliphatic rings. The molecule has 0 amide bonds. The summed E-state index contributed by atoms with van der Waals surface area (Å²) in [5, 5.41) is 0.